The fraction of sp³-hybridized carbons (Fsp3) is 0.167. The Hall–Kier alpha value is -2.31. The molecule has 0 N–H and O–H groups in total. The Balaban J connectivity index is 3.05. The third kappa shape index (κ3) is 3.14. The van der Waals surface area contributed by atoms with E-state index in [4.69, 9.17) is 10.5 Å². The Bertz CT molecular complexity index is 495. The van der Waals surface area contributed by atoms with Crippen LogP contribution in [0.25, 0.3) is 0 Å². The quantitative estimate of drug-likeness (QED) is 0.649. The maximum absolute atomic E-state index is 12.9. The molecule has 1 rings (SSSR count). The van der Waals surface area contributed by atoms with Crippen molar-refractivity contribution in [1.82, 2.24) is 0 Å². The van der Waals surface area contributed by atoms with E-state index < -0.39 is 5.82 Å². The van der Waals surface area contributed by atoms with Gasteiger partial charge >= 0.3 is 0 Å². The normalized spacial score (nSPS) is 8.20. The summed E-state index contributed by atoms with van der Waals surface area (Å²) in [6.07, 6.45) is 0.291. The summed E-state index contributed by atoms with van der Waals surface area (Å²) in [6, 6.07) is 7.96. The first-order valence-corrected chi connectivity index (χ1v) is 4.29. The van der Waals surface area contributed by atoms with E-state index in [-0.39, 0.29) is 12.8 Å². The molecule has 0 saturated heterocycles. The predicted molar refractivity (Wildman–Crippen MR) is 52.8 cm³/mol. The van der Waals surface area contributed by atoms with Gasteiger partial charge in [0.1, 0.15) is 5.82 Å². The van der Waals surface area contributed by atoms with Crippen molar-refractivity contribution >= 4 is 0 Å². The van der Waals surface area contributed by atoms with Gasteiger partial charge in [-0.25, -0.2) is 4.39 Å². The van der Waals surface area contributed by atoms with Gasteiger partial charge in [-0.1, -0.05) is 17.9 Å². The van der Waals surface area contributed by atoms with E-state index >= 15 is 0 Å². The highest BCUT2D eigenvalue weighted by molar-refractivity contribution is 5.43. The summed E-state index contributed by atoms with van der Waals surface area (Å²) in [5.41, 5.74) is 1.16. The largest absolute Gasteiger partial charge is 0.207 e. The highest BCUT2D eigenvalue weighted by Gasteiger charge is 2.00. The van der Waals surface area contributed by atoms with Crippen LogP contribution in [0, 0.1) is 40.3 Å². The molecule has 0 heterocycles. The van der Waals surface area contributed by atoms with Crippen LogP contribution in [-0.4, -0.2) is 0 Å². The smallest absolute Gasteiger partial charge is 0.124 e. The number of nitrogens with zero attached hydrogens (tertiary/aromatic N) is 2. The molecule has 0 aliphatic rings. The van der Waals surface area contributed by atoms with Crippen LogP contribution in [0.5, 0.6) is 0 Å². The number of rotatable bonds is 1. The topological polar surface area (TPSA) is 47.6 Å². The lowest BCUT2D eigenvalue weighted by Crippen LogP contribution is -1.89. The van der Waals surface area contributed by atoms with Crippen LogP contribution in [0.1, 0.15) is 17.5 Å². The summed E-state index contributed by atoms with van der Waals surface area (Å²) in [6.45, 7) is 0. The molecule has 72 valence electrons. The molecule has 1 aromatic rings. The Kier molecular flexibility index (Phi) is 3.90. The van der Waals surface area contributed by atoms with Gasteiger partial charge in [0.2, 0.25) is 0 Å². The highest BCUT2D eigenvalue weighted by atomic mass is 19.1. The summed E-state index contributed by atoms with van der Waals surface area (Å²) < 4.78 is 12.9. The SMILES string of the molecule is N#CCC#Cc1cc(F)ccc1CC#N. The lowest BCUT2D eigenvalue weighted by atomic mass is 10.1. The zero-order valence-corrected chi connectivity index (χ0v) is 7.92. The number of hydrogen-bond donors (Lipinski definition) is 0. The van der Waals surface area contributed by atoms with Crippen molar-refractivity contribution in [3.05, 3.63) is 35.1 Å². The van der Waals surface area contributed by atoms with E-state index in [9.17, 15) is 4.39 Å². The third-order valence-corrected chi connectivity index (χ3v) is 1.73. The van der Waals surface area contributed by atoms with E-state index in [1.807, 2.05) is 12.1 Å². The summed E-state index contributed by atoms with van der Waals surface area (Å²) >= 11 is 0. The minimum atomic E-state index is -0.391. The average molecular weight is 198 g/mol. The maximum Gasteiger partial charge on any atom is 0.124 e. The molecule has 0 bridgehead atoms. The highest BCUT2D eigenvalue weighted by Crippen LogP contribution is 2.10. The lowest BCUT2D eigenvalue weighted by Gasteiger charge is -1.98. The molecular weight excluding hydrogens is 191 g/mol. The molecule has 0 fully saturated rings. The van der Waals surface area contributed by atoms with Crippen LogP contribution in [0.4, 0.5) is 4.39 Å². The molecule has 0 atom stereocenters. The van der Waals surface area contributed by atoms with Crippen molar-refractivity contribution in [1.29, 1.82) is 10.5 Å². The van der Waals surface area contributed by atoms with E-state index in [1.54, 1.807) is 0 Å². The molecule has 15 heavy (non-hydrogen) atoms. The van der Waals surface area contributed by atoms with Crippen LogP contribution in [0.3, 0.4) is 0 Å². The first-order chi connectivity index (χ1) is 7.27. The van der Waals surface area contributed by atoms with Gasteiger partial charge < -0.3 is 0 Å². The van der Waals surface area contributed by atoms with Gasteiger partial charge in [-0.05, 0) is 17.7 Å². The zero-order chi connectivity index (χ0) is 11.1. The van der Waals surface area contributed by atoms with Gasteiger partial charge in [0.15, 0.2) is 0 Å². The van der Waals surface area contributed by atoms with Gasteiger partial charge in [-0.3, -0.25) is 0 Å². The summed E-state index contributed by atoms with van der Waals surface area (Å²) in [7, 11) is 0. The Morgan fingerprint density at radius 1 is 1.20 bits per heavy atom. The maximum atomic E-state index is 12.9. The molecule has 0 amide bonds. The van der Waals surface area contributed by atoms with E-state index in [2.05, 4.69) is 11.8 Å². The van der Waals surface area contributed by atoms with Crippen molar-refractivity contribution in [2.45, 2.75) is 12.8 Å². The van der Waals surface area contributed by atoms with E-state index in [1.165, 1.54) is 18.2 Å². The lowest BCUT2D eigenvalue weighted by molar-refractivity contribution is 0.627. The molecule has 0 aromatic heterocycles. The van der Waals surface area contributed by atoms with Crippen molar-refractivity contribution < 1.29 is 4.39 Å². The summed E-state index contributed by atoms with van der Waals surface area (Å²) in [5, 5.41) is 16.8. The van der Waals surface area contributed by atoms with Crippen molar-refractivity contribution in [2.24, 2.45) is 0 Å². The van der Waals surface area contributed by atoms with Crippen molar-refractivity contribution in [3.8, 4) is 24.0 Å². The molecule has 2 nitrogen and oxygen atoms in total. The summed E-state index contributed by atoms with van der Waals surface area (Å²) in [5.74, 6) is 4.88. The average Bonchev–Trinajstić information content (AvgIpc) is 2.22. The second kappa shape index (κ2) is 5.43. The third-order valence-electron chi connectivity index (χ3n) is 1.73. The molecule has 0 unspecified atom stereocenters. The van der Waals surface area contributed by atoms with E-state index in [0.717, 1.165) is 0 Å². The number of benzene rings is 1. The van der Waals surface area contributed by atoms with Gasteiger partial charge in [0.25, 0.3) is 0 Å². The van der Waals surface area contributed by atoms with Crippen molar-refractivity contribution in [2.75, 3.05) is 0 Å². The van der Waals surface area contributed by atoms with Crippen molar-refractivity contribution in [3.63, 3.8) is 0 Å². The molecule has 0 aliphatic heterocycles. The standard InChI is InChI=1S/C12H7FN2/c13-12-5-4-10(6-8-15)11(9-12)3-1-2-7-14/h4-5,9H,2,6H2. The summed E-state index contributed by atoms with van der Waals surface area (Å²) in [4.78, 5) is 0. The molecular formula is C12H7FN2. The molecule has 1 aromatic carbocycles. The zero-order valence-electron chi connectivity index (χ0n) is 7.92. The fourth-order valence-electron chi connectivity index (χ4n) is 1.08. The predicted octanol–water partition coefficient (Wildman–Crippen LogP) is 2.16. The van der Waals surface area contributed by atoms with Gasteiger partial charge in [0.05, 0.1) is 25.0 Å². The van der Waals surface area contributed by atoms with Crippen LogP contribution in [0.15, 0.2) is 18.2 Å². The molecule has 0 spiro atoms. The number of nitriles is 2. The molecule has 0 saturated carbocycles. The Morgan fingerprint density at radius 2 is 2.00 bits per heavy atom. The molecule has 0 radical (unpaired) electrons. The van der Waals surface area contributed by atoms with Gasteiger partial charge in [-0.15, -0.1) is 0 Å². The minimum absolute atomic E-state index is 0.0997. The minimum Gasteiger partial charge on any atom is -0.207 e. The van der Waals surface area contributed by atoms with Crippen LogP contribution < -0.4 is 0 Å². The first-order valence-electron chi connectivity index (χ1n) is 4.29. The van der Waals surface area contributed by atoms with E-state index in [0.29, 0.717) is 11.1 Å². The second-order valence-electron chi connectivity index (χ2n) is 2.77. The van der Waals surface area contributed by atoms with Crippen LogP contribution >= 0.6 is 0 Å². The number of halogens is 1. The fourth-order valence-corrected chi connectivity index (χ4v) is 1.08. The molecule has 3 heteroatoms. The van der Waals surface area contributed by atoms with Gasteiger partial charge in [-0.2, -0.15) is 10.5 Å². The Morgan fingerprint density at radius 3 is 2.67 bits per heavy atom. The monoisotopic (exact) mass is 198 g/mol. The Labute approximate surface area is 87.6 Å². The van der Waals surface area contributed by atoms with Crippen LogP contribution in [0.2, 0.25) is 0 Å². The second-order valence-corrected chi connectivity index (χ2v) is 2.77. The number of hydrogen-bond acceptors (Lipinski definition) is 2. The first kappa shape index (κ1) is 10.8. The van der Waals surface area contributed by atoms with Gasteiger partial charge in [0, 0.05) is 5.56 Å². The molecule has 0 aliphatic carbocycles. The van der Waals surface area contributed by atoms with Crippen LogP contribution in [-0.2, 0) is 6.42 Å².